The lowest BCUT2D eigenvalue weighted by Gasteiger charge is -2.21. The van der Waals surface area contributed by atoms with E-state index in [0.29, 0.717) is 18.7 Å². The van der Waals surface area contributed by atoms with Gasteiger partial charge in [0.05, 0.1) is 16.3 Å². The molecule has 2 aromatic carbocycles. The first kappa shape index (κ1) is 24.2. The molecule has 7 nitrogen and oxygen atoms in total. The molecule has 1 saturated heterocycles. The van der Waals surface area contributed by atoms with E-state index in [2.05, 4.69) is 5.32 Å². The largest absolute Gasteiger partial charge is 0.452 e. The van der Waals surface area contributed by atoms with Crippen LogP contribution in [0.3, 0.4) is 0 Å². The highest BCUT2D eigenvalue weighted by Crippen LogP contribution is 2.28. The molecule has 1 amide bonds. The number of hydrogen-bond donors (Lipinski definition) is 1. The number of benzene rings is 2. The van der Waals surface area contributed by atoms with Gasteiger partial charge >= 0.3 is 5.97 Å². The van der Waals surface area contributed by atoms with Crippen molar-refractivity contribution >= 4 is 39.2 Å². The summed E-state index contributed by atoms with van der Waals surface area (Å²) in [6, 6.07) is 8.09. The van der Waals surface area contributed by atoms with Gasteiger partial charge in [-0.1, -0.05) is 30.5 Å². The van der Waals surface area contributed by atoms with Crippen molar-refractivity contribution < 1.29 is 27.1 Å². The van der Waals surface area contributed by atoms with Crippen molar-refractivity contribution in [2.24, 2.45) is 0 Å². The number of halogens is 2. The van der Waals surface area contributed by atoms with E-state index in [1.807, 2.05) is 0 Å². The van der Waals surface area contributed by atoms with Crippen molar-refractivity contribution in [3.63, 3.8) is 0 Å². The molecule has 172 valence electrons. The topological polar surface area (TPSA) is 92.8 Å². The minimum Gasteiger partial charge on any atom is -0.452 e. The fourth-order valence-corrected chi connectivity index (χ4v) is 5.39. The van der Waals surface area contributed by atoms with Crippen LogP contribution in [0.2, 0.25) is 5.02 Å². The van der Waals surface area contributed by atoms with Crippen LogP contribution >= 0.6 is 11.6 Å². The Bertz CT molecular complexity index is 1120. The van der Waals surface area contributed by atoms with E-state index in [9.17, 15) is 22.4 Å². The molecule has 0 unspecified atom stereocenters. The summed E-state index contributed by atoms with van der Waals surface area (Å²) in [7, 11) is -3.88. The van der Waals surface area contributed by atoms with Crippen LogP contribution in [0.15, 0.2) is 41.3 Å². The monoisotopic (exact) mass is 482 g/mol. The number of carbonyl (C=O) groups is 2. The molecule has 1 fully saturated rings. The molecule has 0 aliphatic carbocycles. The molecule has 2 aromatic rings. The number of nitrogens with zero attached hydrogens (tertiary/aromatic N) is 1. The molecule has 1 heterocycles. The van der Waals surface area contributed by atoms with E-state index >= 15 is 0 Å². The second kappa shape index (κ2) is 10.4. The van der Waals surface area contributed by atoms with Crippen LogP contribution < -0.4 is 5.32 Å². The summed E-state index contributed by atoms with van der Waals surface area (Å²) < 4.78 is 46.3. The van der Waals surface area contributed by atoms with Crippen LogP contribution in [0.4, 0.5) is 10.1 Å². The summed E-state index contributed by atoms with van der Waals surface area (Å²) in [5, 5.41) is 2.32. The first-order chi connectivity index (χ1) is 15.2. The van der Waals surface area contributed by atoms with E-state index in [4.69, 9.17) is 16.3 Å². The highest BCUT2D eigenvalue weighted by atomic mass is 35.5. The van der Waals surface area contributed by atoms with Crippen molar-refractivity contribution in [1.82, 2.24) is 4.31 Å². The zero-order valence-corrected chi connectivity index (χ0v) is 19.1. The van der Waals surface area contributed by atoms with Crippen LogP contribution in [-0.2, 0) is 19.6 Å². The van der Waals surface area contributed by atoms with Crippen LogP contribution in [0.25, 0.3) is 0 Å². The van der Waals surface area contributed by atoms with Gasteiger partial charge in [-0.2, -0.15) is 4.31 Å². The van der Waals surface area contributed by atoms with E-state index in [0.717, 1.165) is 31.7 Å². The molecule has 0 aromatic heterocycles. The molecule has 10 heteroatoms. The lowest BCUT2D eigenvalue weighted by molar-refractivity contribution is -0.119. The molecule has 0 spiro atoms. The van der Waals surface area contributed by atoms with Gasteiger partial charge in [-0.05, 0) is 55.7 Å². The van der Waals surface area contributed by atoms with Gasteiger partial charge in [-0.3, -0.25) is 4.79 Å². The van der Waals surface area contributed by atoms with Crippen LogP contribution in [0.5, 0.6) is 0 Å². The Morgan fingerprint density at radius 3 is 2.44 bits per heavy atom. The van der Waals surface area contributed by atoms with Gasteiger partial charge in [0.1, 0.15) is 10.7 Å². The van der Waals surface area contributed by atoms with E-state index < -0.39 is 34.3 Å². The normalized spacial score (nSPS) is 15.1. The molecule has 1 aliphatic heterocycles. The fraction of sp³-hybridized carbons (Fsp3) is 0.364. The van der Waals surface area contributed by atoms with Crippen molar-refractivity contribution in [3.8, 4) is 0 Å². The van der Waals surface area contributed by atoms with Crippen molar-refractivity contribution in [2.45, 2.75) is 37.5 Å². The zero-order valence-electron chi connectivity index (χ0n) is 17.6. The maximum Gasteiger partial charge on any atom is 0.338 e. The van der Waals surface area contributed by atoms with Gasteiger partial charge in [0.15, 0.2) is 6.61 Å². The van der Waals surface area contributed by atoms with Crippen molar-refractivity contribution in [3.05, 3.63) is 58.4 Å². The number of carbonyl (C=O) groups excluding carboxylic acids is 2. The Hall–Kier alpha value is -2.49. The predicted octanol–water partition coefficient (Wildman–Crippen LogP) is 4.15. The molecule has 0 atom stereocenters. The molecule has 0 saturated carbocycles. The average molecular weight is 483 g/mol. The number of esters is 1. The molecular formula is C22H24ClFN2O5S. The Labute approximate surface area is 191 Å². The van der Waals surface area contributed by atoms with E-state index in [1.54, 1.807) is 13.0 Å². The summed E-state index contributed by atoms with van der Waals surface area (Å²) in [4.78, 5) is 24.3. The molecule has 1 aliphatic rings. The zero-order chi connectivity index (χ0) is 23.3. The lowest BCUT2D eigenvalue weighted by Crippen LogP contribution is -2.32. The summed E-state index contributed by atoms with van der Waals surface area (Å²) in [5.41, 5.74) is 0.603. The van der Waals surface area contributed by atoms with Gasteiger partial charge in [-0.25, -0.2) is 17.6 Å². The second-order valence-corrected chi connectivity index (χ2v) is 9.88. The Kier molecular flexibility index (Phi) is 7.86. The first-order valence-corrected chi connectivity index (χ1v) is 12.0. The third-order valence-corrected chi connectivity index (χ3v) is 7.46. The number of rotatable bonds is 6. The van der Waals surface area contributed by atoms with Crippen LogP contribution in [-0.4, -0.2) is 44.3 Å². The summed E-state index contributed by atoms with van der Waals surface area (Å²) in [6.07, 6.45) is 3.44. The minimum absolute atomic E-state index is 0.00149. The summed E-state index contributed by atoms with van der Waals surface area (Å²) in [6.45, 7) is 1.83. The number of sulfonamides is 1. The fourth-order valence-electron chi connectivity index (χ4n) is 3.37. The molecule has 1 N–H and O–H groups in total. The SMILES string of the molecule is Cc1ccc(NC(=O)COC(=O)c2ccc(Cl)c(S(=O)(=O)N3CCCCCC3)c2)c(F)c1. The minimum atomic E-state index is -3.88. The highest BCUT2D eigenvalue weighted by molar-refractivity contribution is 7.89. The third kappa shape index (κ3) is 5.85. The number of nitrogens with one attached hydrogen (secondary N) is 1. The van der Waals surface area contributed by atoms with Gasteiger partial charge in [0.25, 0.3) is 5.91 Å². The Morgan fingerprint density at radius 1 is 1.09 bits per heavy atom. The lowest BCUT2D eigenvalue weighted by atomic mass is 10.2. The highest BCUT2D eigenvalue weighted by Gasteiger charge is 2.28. The third-order valence-electron chi connectivity index (χ3n) is 5.08. The van der Waals surface area contributed by atoms with Crippen molar-refractivity contribution in [1.29, 1.82) is 0 Å². The maximum atomic E-state index is 13.9. The summed E-state index contributed by atoms with van der Waals surface area (Å²) in [5.74, 6) is -2.23. The van der Waals surface area contributed by atoms with Gasteiger partial charge < -0.3 is 10.1 Å². The molecule has 0 radical (unpaired) electrons. The van der Waals surface area contributed by atoms with Gasteiger partial charge in [0.2, 0.25) is 10.0 Å². The average Bonchev–Trinajstić information content (AvgIpc) is 3.04. The van der Waals surface area contributed by atoms with Crippen LogP contribution in [0.1, 0.15) is 41.6 Å². The standard InChI is InChI=1S/C22H24ClFN2O5S/c1-15-6-9-19(18(24)12-15)25-21(27)14-31-22(28)16-7-8-17(23)20(13-16)32(29,30)26-10-4-2-3-5-11-26/h6-9,12-13H,2-5,10-11,14H2,1H3,(H,25,27). The molecule has 0 bridgehead atoms. The van der Waals surface area contributed by atoms with Gasteiger partial charge in [-0.15, -0.1) is 0 Å². The summed E-state index contributed by atoms with van der Waals surface area (Å²) >= 11 is 6.13. The smallest absolute Gasteiger partial charge is 0.338 e. The van der Waals surface area contributed by atoms with Crippen molar-refractivity contribution in [2.75, 3.05) is 25.0 Å². The van der Waals surface area contributed by atoms with Crippen LogP contribution in [0, 0.1) is 12.7 Å². The maximum absolute atomic E-state index is 13.9. The quantitative estimate of drug-likeness (QED) is 0.624. The predicted molar refractivity (Wildman–Crippen MR) is 119 cm³/mol. The van der Waals surface area contributed by atoms with E-state index in [-0.39, 0.29) is 21.2 Å². The number of anilines is 1. The number of amides is 1. The number of hydrogen-bond acceptors (Lipinski definition) is 5. The second-order valence-electron chi connectivity index (χ2n) is 7.57. The molecule has 3 rings (SSSR count). The first-order valence-electron chi connectivity index (χ1n) is 10.2. The van der Waals surface area contributed by atoms with Gasteiger partial charge in [0, 0.05) is 13.1 Å². The van der Waals surface area contributed by atoms with E-state index in [1.165, 1.54) is 28.6 Å². The Morgan fingerprint density at radius 2 is 1.78 bits per heavy atom. The number of aryl methyl sites for hydroxylation is 1. The number of ether oxygens (including phenoxy) is 1. The molecular weight excluding hydrogens is 459 g/mol. The Balaban J connectivity index is 1.68. The molecule has 32 heavy (non-hydrogen) atoms.